The molecule has 4 heteroatoms. The van der Waals surface area contributed by atoms with Crippen molar-refractivity contribution in [3.8, 4) is 5.75 Å². The Kier molecular flexibility index (Phi) is 2.36. The third-order valence-corrected chi connectivity index (χ3v) is 2.42. The van der Waals surface area contributed by atoms with Crippen LogP contribution < -0.4 is 10.1 Å². The molecule has 0 saturated carbocycles. The summed E-state index contributed by atoms with van der Waals surface area (Å²) in [5, 5.41) is 12.1. The second-order valence-corrected chi connectivity index (χ2v) is 3.68. The van der Waals surface area contributed by atoms with E-state index in [-0.39, 0.29) is 5.91 Å². The molecule has 0 saturated heterocycles. The molecule has 0 spiro atoms. The van der Waals surface area contributed by atoms with E-state index in [1.54, 1.807) is 32.0 Å². The molecule has 2 rings (SSSR count). The minimum atomic E-state index is -0.549. The van der Waals surface area contributed by atoms with Crippen molar-refractivity contribution in [1.29, 1.82) is 0 Å². The van der Waals surface area contributed by atoms with Crippen LogP contribution in [0.25, 0.3) is 0 Å². The van der Waals surface area contributed by atoms with Gasteiger partial charge in [0.1, 0.15) is 5.75 Å². The number of nitrogens with one attached hydrogen (secondary N) is 1. The SMILES string of the molecule is CC1Oc2ccc(C(C)O)cc2NC1=O. The monoisotopic (exact) mass is 207 g/mol. The van der Waals surface area contributed by atoms with Crippen molar-refractivity contribution in [1.82, 2.24) is 0 Å². The van der Waals surface area contributed by atoms with E-state index >= 15 is 0 Å². The zero-order valence-electron chi connectivity index (χ0n) is 8.65. The fourth-order valence-corrected chi connectivity index (χ4v) is 1.49. The summed E-state index contributed by atoms with van der Waals surface area (Å²) in [5.74, 6) is 0.483. The van der Waals surface area contributed by atoms with Crippen molar-refractivity contribution >= 4 is 11.6 Å². The molecule has 1 aromatic carbocycles. The predicted octanol–water partition coefficient (Wildman–Crippen LogP) is 1.46. The van der Waals surface area contributed by atoms with Crippen LogP contribution in [0.15, 0.2) is 18.2 Å². The Labute approximate surface area is 87.9 Å². The molecule has 0 aromatic heterocycles. The quantitative estimate of drug-likeness (QED) is 0.733. The molecule has 2 unspecified atom stereocenters. The zero-order chi connectivity index (χ0) is 11.0. The lowest BCUT2D eigenvalue weighted by Gasteiger charge is -2.24. The van der Waals surface area contributed by atoms with E-state index in [1.807, 2.05) is 0 Å². The molecule has 0 radical (unpaired) electrons. The lowest BCUT2D eigenvalue weighted by Crippen LogP contribution is -2.34. The van der Waals surface area contributed by atoms with Gasteiger partial charge in [-0.05, 0) is 31.5 Å². The molecule has 2 atom stereocenters. The van der Waals surface area contributed by atoms with E-state index in [0.717, 1.165) is 5.56 Å². The van der Waals surface area contributed by atoms with Crippen molar-refractivity contribution in [2.75, 3.05) is 5.32 Å². The van der Waals surface area contributed by atoms with E-state index < -0.39 is 12.2 Å². The van der Waals surface area contributed by atoms with Crippen molar-refractivity contribution in [2.45, 2.75) is 26.1 Å². The van der Waals surface area contributed by atoms with E-state index in [1.165, 1.54) is 0 Å². The van der Waals surface area contributed by atoms with Crippen LogP contribution in [-0.2, 0) is 4.79 Å². The Morgan fingerprint density at radius 3 is 2.93 bits per heavy atom. The summed E-state index contributed by atoms with van der Waals surface area (Å²) in [4.78, 5) is 11.3. The first-order valence-electron chi connectivity index (χ1n) is 4.87. The molecule has 1 heterocycles. The van der Waals surface area contributed by atoms with Gasteiger partial charge in [-0.1, -0.05) is 6.07 Å². The molecular formula is C11H13NO3. The highest BCUT2D eigenvalue weighted by Crippen LogP contribution is 2.31. The highest BCUT2D eigenvalue weighted by atomic mass is 16.5. The standard InChI is InChI=1S/C11H13NO3/c1-6(13)8-3-4-10-9(5-8)12-11(14)7(2)15-10/h3-7,13H,1-2H3,(H,12,14). The summed E-state index contributed by atoms with van der Waals surface area (Å²) in [6, 6.07) is 5.27. The van der Waals surface area contributed by atoms with Crippen LogP contribution in [0.3, 0.4) is 0 Å². The Bertz CT molecular complexity index is 401. The normalized spacial score (nSPS) is 21.3. The second-order valence-electron chi connectivity index (χ2n) is 3.68. The number of aliphatic hydroxyl groups excluding tert-OH is 1. The van der Waals surface area contributed by atoms with Gasteiger partial charge >= 0.3 is 0 Å². The number of benzene rings is 1. The maximum absolute atomic E-state index is 11.3. The summed E-state index contributed by atoms with van der Waals surface area (Å²) in [5.41, 5.74) is 1.38. The fraction of sp³-hybridized carbons (Fsp3) is 0.364. The largest absolute Gasteiger partial charge is 0.479 e. The smallest absolute Gasteiger partial charge is 0.265 e. The number of anilines is 1. The molecule has 4 nitrogen and oxygen atoms in total. The van der Waals surface area contributed by atoms with Gasteiger partial charge in [-0.2, -0.15) is 0 Å². The Morgan fingerprint density at radius 1 is 1.53 bits per heavy atom. The van der Waals surface area contributed by atoms with E-state index in [4.69, 9.17) is 4.74 Å². The number of amides is 1. The van der Waals surface area contributed by atoms with Crippen LogP contribution in [0, 0.1) is 0 Å². The number of carbonyl (C=O) groups excluding carboxylic acids is 1. The lowest BCUT2D eigenvalue weighted by molar-refractivity contribution is -0.122. The van der Waals surface area contributed by atoms with Gasteiger partial charge in [-0.3, -0.25) is 4.79 Å². The van der Waals surface area contributed by atoms with Gasteiger partial charge in [0, 0.05) is 0 Å². The molecule has 1 aliphatic heterocycles. The topological polar surface area (TPSA) is 58.6 Å². The van der Waals surface area contributed by atoms with Crippen LogP contribution in [0.4, 0.5) is 5.69 Å². The van der Waals surface area contributed by atoms with Gasteiger partial charge in [0.2, 0.25) is 0 Å². The number of ether oxygens (including phenoxy) is 1. The van der Waals surface area contributed by atoms with Crippen molar-refractivity contribution < 1.29 is 14.6 Å². The van der Waals surface area contributed by atoms with E-state index in [2.05, 4.69) is 5.32 Å². The Morgan fingerprint density at radius 2 is 2.27 bits per heavy atom. The molecule has 0 bridgehead atoms. The maximum atomic E-state index is 11.3. The molecule has 0 fully saturated rings. The predicted molar refractivity (Wildman–Crippen MR) is 55.8 cm³/mol. The van der Waals surface area contributed by atoms with Crippen molar-refractivity contribution in [3.63, 3.8) is 0 Å². The minimum Gasteiger partial charge on any atom is -0.479 e. The third kappa shape index (κ3) is 1.80. The van der Waals surface area contributed by atoms with Gasteiger partial charge < -0.3 is 15.2 Å². The van der Waals surface area contributed by atoms with Gasteiger partial charge in [-0.15, -0.1) is 0 Å². The average Bonchev–Trinajstić information content (AvgIpc) is 2.19. The first-order valence-corrected chi connectivity index (χ1v) is 4.87. The van der Waals surface area contributed by atoms with Crippen molar-refractivity contribution in [2.24, 2.45) is 0 Å². The average molecular weight is 207 g/mol. The molecule has 1 aliphatic rings. The van der Waals surface area contributed by atoms with Gasteiger partial charge in [-0.25, -0.2) is 0 Å². The van der Waals surface area contributed by atoms with E-state index in [9.17, 15) is 9.90 Å². The third-order valence-electron chi connectivity index (χ3n) is 2.42. The minimum absolute atomic E-state index is 0.162. The number of rotatable bonds is 1. The van der Waals surface area contributed by atoms with Crippen molar-refractivity contribution in [3.05, 3.63) is 23.8 Å². The number of carbonyl (C=O) groups is 1. The number of aliphatic hydroxyl groups is 1. The summed E-state index contributed by atoms with van der Waals surface area (Å²) in [6.07, 6.45) is -1.01. The second kappa shape index (κ2) is 3.55. The van der Waals surface area contributed by atoms with Crippen LogP contribution in [0.5, 0.6) is 5.75 Å². The van der Waals surface area contributed by atoms with Crippen LogP contribution in [0.2, 0.25) is 0 Å². The molecule has 80 valence electrons. The van der Waals surface area contributed by atoms with Gasteiger partial charge in [0.15, 0.2) is 6.10 Å². The summed E-state index contributed by atoms with van der Waals surface area (Å²) in [6.45, 7) is 3.37. The molecule has 1 aromatic rings. The zero-order valence-corrected chi connectivity index (χ0v) is 8.65. The number of fused-ring (bicyclic) bond motifs is 1. The summed E-state index contributed by atoms with van der Waals surface area (Å²) < 4.78 is 5.39. The van der Waals surface area contributed by atoms with Crippen LogP contribution in [0.1, 0.15) is 25.5 Å². The van der Waals surface area contributed by atoms with E-state index in [0.29, 0.717) is 11.4 Å². The van der Waals surface area contributed by atoms with Crippen LogP contribution in [-0.4, -0.2) is 17.1 Å². The lowest BCUT2D eigenvalue weighted by atomic mass is 10.1. The number of hydrogen-bond donors (Lipinski definition) is 2. The fourth-order valence-electron chi connectivity index (χ4n) is 1.49. The molecule has 1 amide bonds. The maximum Gasteiger partial charge on any atom is 0.265 e. The molecular weight excluding hydrogens is 194 g/mol. The highest BCUT2D eigenvalue weighted by Gasteiger charge is 2.23. The molecule has 2 N–H and O–H groups in total. The molecule has 0 aliphatic carbocycles. The number of hydrogen-bond acceptors (Lipinski definition) is 3. The van der Waals surface area contributed by atoms with Gasteiger partial charge in [0.25, 0.3) is 5.91 Å². The first-order chi connectivity index (χ1) is 7.08. The van der Waals surface area contributed by atoms with Crippen LogP contribution >= 0.6 is 0 Å². The first kappa shape index (κ1) is 9.98. The summed E-state index contributed by atoms with van der Waals surface area (Å²) in [7, 11) is 0. The van der Waals surface area contributed by atoms with Gasteiger partial charge in [0.05, 0.1) is 11.8 Å². The highest BCUT2D eigenvalue weighted by molar-refractivity contribution is 5.97. The summed E-state index contributed by atoms with van der Waals surface area (Å²) >= 11 is 0. The Hall–Kier alpha value is -1.55. The molecule has 15 heavy (non-hydrogen) atoms. The Balaban J connectivity index is 2.37.